The van der Waals surface area contributed by atoms with Crippen LogP contribution in [-0.2, 0) is 11.3 Å². The van der Waals surface area contributed by atoms with Gasteiger partial charge in [-0.15, -0.1) is 0 Å². The van der Waals surface area contributed by atoms with E-state index in [1.165, 1.54) is 20.0 Å². The number of methoxy groups -OCH3 is 1. The second kappa shape index (κ2) is 7.41. The maximum atomic E-state index is 11.8. The van der Waals surface area contributed by atoms with Gasteiger partial charge in [0.1, 0.15) is 0 Å². The Morgan fingerprint density at radius 3 is 2.70 bits per heavy atom. The van der Waals surface area contributed by atoms with Crippen LogP contribution in [-0.4, -0.2) is 43.7 Å². The number of carbonyl (C=O) groups excluding carboxylic acids is 1. The molecule has 0 unspecified atom stereocenters. The number of benzene rings is 1. The first kappa shape index (κ1) is 15.0. The van der Waals surface area contributed by atoms with Crippen molar-refractivity contribution >= 4 is 5.97 Å². The van der Waals surface area contributed by atoms with E-state index in [9.17, 15) is 4.79 Å². The summed E-state index contributed by atoms with van der Waals surface area (Å²) in [5, 5.41) is 3.40. The number of nitrogens with zero attached hydrogens (tertiary/aromatic N) is 1. The molecule has 110 valence electrons. The second-order valence-corrected chi connectivity index (χ2v) is 5.19. The summed E-state index contributed by atoms with van der Waals surface area (Å²) in [6.45, 7) is 6.16. The van der Waals surface area contributed by atoms with Crippen molar-refractivity contribution in [3.8, 4) is 0 Å². The van der Waals surface area contributed by atoms with Crippen LogP contribution in [0.4, 0.5) is 0 Å². The number of piperidine rings is 1. The molecule has 20 heavy (non-hydrogen) atoms. The minimum absolute atomic E-state index is 0.248. The van der Waals surface area contributed by atoms with E-state index in [2.05, 4.69) is 17.1 Å². The van der Waals surface area contributed by atoms with Crippen LogP contribution in [0.15, 0.2) is 24.3 Å². The smallest absolute Gasteiger partial charge is 0.338 e. The lowest BCUT2D eigenvalue weighted by molar-refractivity contribution is 0.0597. The molecule has 0 radical (unpaired) electrons. The van der Waals surface area contributed by atoms with Gasteiger partial charge in [0.05, 0.1) is 12.7 Å². The molecule has 2 rings (SSSR count). The minimum atomic E-state index is -0.248. The number of hydrogen-bond donors (Lipinski definition) is 1. The molecule has 0 aliphatic carbocycles. The van der Waals surface area contributed by atoms with E-state index in [-0.39, 0.29) is 5.97 Å². The Morgan fingerprint density at radius 1 is 1.35 bits per heavy atom. The van der Waals surface area contributed by atoms with Gasteiger partial charge < -0.3 is 10.1 Å². The Labute approximate surface area is 121 Å². The zero-order chi connectivity index (χ0) is 14.4. The van der Waals surface area contributed by atoms with Gasteiger partial charge in [0.25, 0.3) is 0 Å². The van der Waals surface area contributed by atoms with Crippen molar-refractivity contribution in [2.24, 2.45) is 0 Å². The summed E-state index contributed by atoms with van der Waals surface area (Å²) >= 11 is 0. The van der Waals surface area contributed by atoms with Gasteiger partial charge in [0.2, 0.25) is 0 Å². The highest BCUT2D eigenvalue weighted by Gasteiger charge is 2.21. The largest absolute Gasteiger partial charge is 0.465 e. The highest BCUT2D eigenvalue weighted by Crippen LogP contribution is 2.18. The number of carbonyl (C=O) groups is 1. The molecule has 0 amide bonds. The first-order valence-corrected chi connectivity index (χ1v) is 7.37. The molecule has 4 nitrogen and oxygen atoms in total. The van der Waals surface area contributed by atoms with E-state index >= 15 is 0 Å². The molecule has 1 saturated heterocycles. The van der Waals surface area contributed by atoms with Crippen molar-refractivity contribution in [3.05, 3.63) is 35.4 Å². The molecule has 1 N–H and O–H groups in total. The summed E-state index contributed by atoms with van der Waals surface area (Å²) < 4.78 is 4.87. The molecule has 1 aliphatic heterocycles. The standard InChI is InChI=1S/C16H24N2O2/c1-3-18(14-8-10-17-11-9-14)12-13-6-4-5-7-15(13)16(19)20-2/h4-7,14,17H,3,8-12H2,1-2H3. The highest BCUT2D eigenvalue weighted by molar-refractivity contribution is 5.90. The lowest BCUT2D eigenvalue weighted by Crippen LogP contribution is -2.42. The molecule has 0 bridgehead atoms. The van der Waals surface area contributed by atoms with Crippen LogP contribution in [0.2, 0.25) is 0 Å². The number of ether oxygens (including phenoxy) is 1. The third-order valence-corrected chi connectivity index (χ3v) is 4.03. The molecule has 1 heterocycles. The average Bonchev–Trinajstić information content (AvgIpc) is 2.53. The number of rotatable bonds is 5. The van der Waals surface area contributed by atoms with E-state index in [0.29, 0.717) is 11.6 Å². The fourth-order valence-corrected chi connectivity index (χ4v) is 2.86. The molecule has 1 aromatic carbocycles. The Kier molecular flexibility index (Phi) is 5.56. The van der Waals surface area contributed by atoms with Crippen molar-refractivity contribution in [1.29, 1.82) is 0 Å². The molecular weight excluding hydrogens is 252 g/mol. The third-order valence-electron chi connectivity index (χ3n) is 4.03. The maximum absolute atomic E-state index is 11.8. The van der Waals surface area contributed by atoms with E-state index in [1.54, 1.807) is 0 Å². The molecular formula is C16H24N2O2. The minimum Gasteiger partial charge on any atom is -0.465 e. The molecule has 0 saturated carbocycles. The normalized spacial score (nSPS) is 16.4. The molecule has 1 fully saturated rings. The zero-order valence-electron chi connectivity index (χ0n) is 12.4. The van der Waals surface area contributed by atoms with Crippen LogP contribution >= 0.6 is 0 Å². The monoisotopic (exact) mass is 276 g/mol. The number of nitrogens with one attached hydrogen (secondary N) is 1. The van der Waals surface area contributed by atoms with Gasteiger partial charge in [-0.25, -0.2) is 4.79 Å². The zero-order valence-corrected chi connectivity index (χ0v) is 12.4. The molecule has 0 aromatic heterocycles. The summed E-state index contributed by atoms with van der Waals surface area (Å²) in [4.78, 5) is 14.3. The van der Waals surface area contributed by atoms with E-state index in [1.807, 2.05) is 24.3 Å². The van der Waals surface area contributed by atoms with Crippen molar-refractivity contribution in [1.82, 2.24) is 10.2 Å². The predicted octanol–water partition coefficient (Wildman–Crippen LogP) is 2.05. The van der Waals surface area contributed by atoms with Gasteiger partial charge in [-0.05, 0) is 44.1 Å². The van der Waals surface area contributed by atoms with Crippen molar-refractivity contribution in [3.63, 3.8) is 0 Å². The lowest BCUT2D eigenvalue weighted by Gasteiger charge is -2.34. The van der Waals surface area contributed by atoms with Crippen LogP contribution in [0.3, 0.4) is 0 Å². The maximum Gasteiger partial charge on any atom is 0.338 e. The summed E-state index contributed by atoms with van der Waals surface area (Å²) in [5.41, 5.74) is 1.74. The number of hydrogen-bond acceptors (Lipinski definition) is 4. The average molecular weight is 276 g/mol. The van der Waals surface area contributed by atoms with Gasteiger partial charge in [-0.2, -0.15) is 0 Å². The third kappa shape index (κ3) is 3.58. The summed E-state index contributed by atoms with van der Waals surface area (Å²) in [7, 11) is 1.43. The van der Waals surface area contributed by atoms with E-state index < -0.39 is 0 Å². The van der Waals surface area contributed by atoms with Crippen LogP contribution in [0.5, 0.6) is 0 Å². The first-order valence-electron chi connectivity index (χ1n) is 7.37. The second-order valence-electron chi connectivity index (χ2n) is 5.19. The van der Waals surface area contributed by atoms with Crippen LogP contribution in [0, 0.1) is 0 Å². The SMILES string of the molecule is CCN(Cc1ccccc1C(=O)OC)C1CCNCC1. The Hall–Kier alpha value is -1.39. The summed E-state index contributed by atoms with van der Waals surface area (Å²) in [6.07, 6.45) is 2.35. The lowest BCUT2D eigenvalue weighted by atomic mass is 10.0. The Bertz CT molecular complexity index is 442. The van der Waals surface area contributed by atoms with Gasteiger partial charge in [-0.3, -0.25) is 4.90 Å². The van der Waals surface area contributed by atoms with Crippen molar-refractivity contribution in [2.75, 3.05) is 26.7 Å². The van der Waals surface area contributed by atoms with Gasteiger partial charge >= 0.3 is 5.97 Å². The highest BCUT2D eigenvalue weighted by atomic mass is 16.5. The molecule has 0 spiro atoms. The first-order chi connectivity index (χ1) is 9.76. The van der Waals surface area contributed by atoms with Gasteiger partial charge in [0, 0.05) is 12.6 Å². The van der Waals surface area contributed by atoms with Crippen molar-refractivity contribution in [2.45, 2.75) is 32.4 Å². The van der Waals surface area contributed by atoms with Crippen molar-refractivity contribution < 1.29 is 9.53 Å². The topological polar surface area (TPSA) is 41.6 Å². The van der Waals surface area contributed by atoms with Crippen LogP contribution in [0.25, 0.3) is 0 Å². The molecule has 1 aliphatic rings. The summed E-state index contributed by atoms with van der Waals surface area (Å²) in [5.74, 6) is -0.248. The fourth-order valence-electron chi connectivity index (χ4n) is 2.86. The van der Waals surface area contributed by atoms with Crippen LogP contribution in [0.1, 0.15) is 35.7 Å². The Morgan fingerprint density at radius 2 is 2.05 bits per heavy atom. The number of esters is 1. The molecule has 4 heteroatoms. The van der Waals surface area contributed by atoms with Crippen LogP contribution < -0.4 is 5.32 Å². The van der Waals surface area contributed by atoms with E-state index in [4.69, 9.17) is 4.74 Å². The molecule has 0 atom stereocenters. The van der Waals surface area contributed by atoms with E-state index in [0.717, 1.165) is 31.7 Å². The fraction of sp³-hybridized carbons (Fsp3) is 0.562. The van der Waals surface area contributed by atoms with Gasteiger partial charge in [-0.1, -0.05) is 25.1 Å². The summed E-state index contributed by atoms with van der Waals surface area (Å²) in [6, 6.07) is 8.34. The van der Waals surface area contributed by atoms with Gasteiger partial charge in [0.15, 0.2) is 0 Å². The quantitative estimate of drug-likeness (QED) is 0.836. The predicted molar refractivity (Wildman–Crippen MR) is 79.8 cm³/mol. The Balaban J connectivity index is 2.12. The molecule has 1 aromatic rings.